The molecule has 3 aromatic heterocycles. The average Bonchev–Trinajstić information content (AvgIpc) is 3.33. The molecule has 0 saturated carbocycles. The zero-order valence-electron chi connectivity index (χ0n) is 20.6. The molecule has 0 atom stereocenters. The number of hydrogen-bond donors (Lipinski definition) is 1. The van der Waals surface area contributed by atoms with Gasteiger partial charge in [0.05, 0.1) is 53.6 Å². The van der Waals surface area contributed by atoms with E-state index < -0.39 is 11.9 Å². The fourth-order valence-electron chi connectivity index (χ4n) is 3.68. The first kappa shape index (κ1) is 25.1. The monoisotopic (exact) mass is 535 g/mol. The number of methoxy groups -OCH3 is 2. The van der Waals surface area contributed by atoms with Crippen LogP contribution in [0.3, 0.4) is 0 Å². The molecule has 5 aromatic rings. The number of pyridine rings is 1. The van der Waals surface area contributed by atoms with Gasteiger partial charge in [0, 0.05) is 23.8 Å². The van der Waals surface area contributed by atoms with Gasteiger partial charge in [-0.3, -0.25) is 5.32 Å². The second kappa shape index (κ2) is 10.8. The molecule has 0 spiro atoms. The summed E-state index contributed by atoms with van der Waals surface area (Å²) in [5, 5.41) is 3.22. The van der Waals surface area contributed by atoms with E-state index >= 15 is 0 Å². The first-order valence-corrected chi connectivity index (χ1v) is 12.2. The fraction of sp³-hybridized carbons (Fsp3) is 0.192. The van der Waals surface area contributed by atoms with E-state index in [1.54, 1.807) is 24.4 Å². The molecule has 3 heterocycles. The molecular weight excluding hydrogens is 513 g/mol. The van der Waals surface area contributed by atoms with Gasteiger partial charge in [0.25, 0.3) is 0 Å². The summed E-state index contributed by atoms with van der Waals surface area (Å²) in [7, 11) is 3.03. The highest BCUT2D eigenvalue weighted by atomic mass is 32.1. The van der Waals surface area contributed by atoms with Gasteiger partial charge in [0.2, 0.25) is 11.8 Å². The van der Waals surface area contributed by atoms with Crippen LogP contribution in [-0.2, 0) is 4.74 Å². The number of aromatic nitrogens is 4. The third-order valence-corrected chi connectivity index (χ3v) is 6.47. The molecule has 2 aromatic carbocycles. The van der Waals surface area contributed by atoms with Crippen LogP contribution in [0.25, 0.3) is 31.8 Å². The predicted molar refractivity (Wildman–Crippen MR) is 141 cm³/mol. The Bertz CT molecular complexity index is 1630. The first-order valence-electron chi connectivity index (χ1n) is 11.4. The van der Waals surface area contributed by atoms with Gasteiger partial charge < -0.3 is 18.9 Å². The van der Waals surface area contributed by atoms with Crippen LogP contribution in [0.4, 0.5) is 14.9 Å². The molecule has 194 valence electrons. The number of amides is 1. The van der Waals surface area contributed by atoms with Crippen LogP contribution >= 0.6 is 11.3 Å². The topological polar surface area (TPSA) is 118 Å². The zero-order valence-corrected chi connectivity index (χ0v) is 21.5. The third-order valence-electron chi connectivity index (χ3n) is 5.42. The molecule has 38 heavy (non-hydrogen) atoms. The quantitative estimate of drug-likeness (QED) is 0.261. The first-order chi connectivity index (χ1) is 18.4. The van der Waals surface area contributed by atoms with Crippen molar-refractivity contribution in [1.29, 1.82) is 0 Å². The van der Waals surface area contributed by atoms with Gasteiger partial charge >= 0.3 is 6.09 Å². The molecule has 10 nitrogen and oxygen atoms in total. The molecule has 0 fully saturated rings. The van der Waals surface area contributed by atoms with Crippen molar-refractivity contribution in [3.63, 3.8) is 0 Å². The molecule has 12 heteroatoms. The molecule has 0 radical (unpaired) electrons. The predicted octanol–water partition coefficient (Wildman–Crippen LogP) is 5.39. The van der Waals surface area contributed by atoms with Crippen LogP contribution < -0.4 is 19.5 Å². The van der Waals surface area contributed by atoms with Crippen LogP contribution in [0.5, 0.6) is 17.5 Å². The minimum Gasteiger partial charge on any atom is -0.487 e. The number of nitrogens with one attached hydrogen (secondary N) is 1. The summed E-state index contributed by atoms with van der Waals surface area (Å²) in [6.07, 6.45) is 2.30. The minimum absolute atomic E-state index is 0.0368. The number of nitrogens with zero attached hydrogens (tertiary/aromatic N) is 4. The molecule has 0 unspecified atom stereocenters. The Balaban J connectivity index is 1.27. The van der Waals surface area contributed by atoms with E-state index in [0.717, 1.165) is 15.8 Å². The number of fused-ring (bicyclic) bond motifs is 2. The number of halogens is 1. The van der Waals surface area contributed by atoms with Crippen LogP contribution in [-0.4, -0.2) is 53.5 Å². The number of hydrogen-bond acceptors (Lipinski definition) is 10. The lowest BCUT2D eigenvalue weighted by atomic mass is 10.1. The number of rotatable bonds is 8. The molecule has 1 amide bonds. The number of thiazole rings is 1. The molecule has 1 N–H and O–H groups in total. The molecule has 5 rings (SSSR count). The van der Waals surface area contributed by atoms with Gasteiger partial charge in [-0.15, -0.1) is 11.3 Å². The maximum absolute atomic E-state index is 14.7. The van der Waals surface area contributed by atoms with Crippen LogP contribution in [0.1, 0.15) is 5.56 Å². The Hall–Kier alpha value is -4.58. The lowest BCUT2D eigenvalue weighted by Crippen LogP contribution is -2.17. The van der Waals surface area contributed by atoms with E-state index in [-0.39, 0.29) is 19.0 Å². The summed E-state index contributed by atoms with van der Waals surface area (Å²) in [6.45, 7) is 1.83. The van der Waals surface area contributed by atoms with Crippen molar-refractivity contribution in [3.05, 3.63) is 60.2 Å². The fourth-order valence-corrected chi connectivity index (χ4v) is 4.67. The number of carbonyl (C=O) groups excluding carboxylic acids is 1. The maximum Gasteiger partial charge on any atom is 0.411 e. The summed E-state index contributed by atoms with van der Waals surface area (Å²) in [5.41, 5.74) is 4.08. The van der Waals surface area contributed by atoms with Crippen molar-refractivity contribution < 1.29 is 28.1 Å². The summed E-state index contributed by atoms with van der Waals surface area (Å²) in [6, 6.07) is 10.0. The van der Waals surface area contributed by atoms with Crippen LogP contribution in [0.2, 0.25) is 0 Å². The number of carbonyl (C=O) groups is 1. The number of ether oxygens (including phenoxy) is 4. The van der Waals surface area contributed by atoms with E-state index in [0.29, 0.717) is 39.0 Å². The molecule has 0 bridgehead atoms. The van der Waals surface area contributed by atoms with Gasteiger partial charge in [0.15, 0.2) is 11.6 Å². The lowest BCUT2D eigenvalue weighted by molar-refractivity contribution is 0.136. The Morgan fingerprint density at radius 1 is 0.974 bits per heavy atom. The van der Waals surface area contributed by atoms with Gasteiger partial charge in [-0.25, -0.2) is 29.1 Å². The maximum atomic E-state index is 14.7. The highest BCUT2D eigenvalue weighted by Gasteiger charge is 2.16. The number of benzene rings is 2. The largest absolute Gasteiger partial charge is 0.487 e. The van der Waals surface area contributed by atoms with Crippen molar-refractivity contribution in [1.82, 2.24) is 19.9 Å². The van der Waals surface area contributed by atoms with Crippen LogP contribution in [0.15, 0.2) is 48.8 Å². The SMILES string of the molecule is COc1ccc(NC(=O)OCCOc2cc3sc(-c4cc(C)cc5nc(OC)cnc45)nc3cc2F)cn1. The van der Waals surface area contributed by atoms with E-state index in [9.17, 15) is 9.18 Å². The lowest BCUT2D eigenvalue weighted by Gasteiger charge is -2.09. The Kier molecular flexibility index (Phi) is 7.13. The zero-order chi connectivity index (χ0) is 26.6. The second-order valence-electron chi connectivity index (χ2n) is 8.06. The standard InChI is InChI=1S/C26H22FN5O5S/c1-14-8-16(24-19(9-14)31-23(35-3)13-29-24)25-32-18-10-17(27)20(11-21(18)38-25)36-6-7-37-26(33)30-15-4-5-22(34-2)28-12-15/h4-5,8-13H,6-7H2,1-3H3,(H,30,33). The smallest absolute Gasteiger partial charge is 0.411 e. The minimum atomic E-state index is -0.685. The Morgan fingerprint density at radius 3 is 2.58 bits per heavy atom. The van der Waals surface area contributed by atoms with Crippen molar-refractivity contribution >= 4 is 44.4 Å². The van der Waals surface area contributed by atoms with E-state index in [2.05, 4.69) is 25.3 Å². The van der Waals surface area contributed by atoms with Gasteiger partial charge in [-0.2, -0.15) is 0 Å². The molecule has 0 aliphatic rings. The second-order valence-corrected chi connectivity index (χ2v) is 9.09. The molecule has 0 aliphatic carbocycles. The summed E-state index contributed by atoms with van der Waals surface area (Å²) in [5.74, 6) is 0.309. The van der Waals surface area contributed by atoms with E-state index in [1.165, 1.54) is 37.8 Å². The van der Waals surface area contributed by atoms with Crippen molar-refractivity contribution in [2.45, 2.75) is 6.92 Å². The van der Waals surface area contributed by atoms with E-state index in [1.807, 2.05) is 19.1 Å². The third kappa shape index (κ3) is 5.39. The Labute approximate surface area is 220 Å². The number of aryl methyl sites for hydroxylation is 1. The van der Waals surface area contributed by atoms with E-state index in [4.69, 9.17) is 18.9 Å². The summed E-state index contributed by atoms with van der Waals surface area (Å²) < 4.78 is 36.3. The van der Waals surface area contributed by atoms with Gasteiger partial charge in [-0.1, -0.05) is 0 Å². The van der Waals surface area contributed by atoms with Crippen molar-refractivity contribution in [2.75, 3.05) is 32.8 Å². The number of anilines is 1. The molecule has 0 aliphatic heterocycles. The van der Waals surface area contributed by atoms with Gasteiger partial charge in [-0.05, 0) is 30.7 Å². The normalized spacial score (nSPS) is 10.9. The summed E-state index contributed by atoms with van der Waals surface area (Å²) in [4.78, 5) is 29.5. The van der Waals surface area contributed by atoms with Crippen molar-refractivity contribution in [2.24, 2.45) is 0 Å². The summed E-state index contributed by atoms with van der Waals surface area (Å²) >= 11 is 1.39. The van der Waals surface area contributed by atoms with Crippen LogP contribution in [0, 0.1) is 12.7 Å². The average molecular weight is 536 g/mol. The van der Waals surface area contributed by atoms with Crippen molar-refractivity contribution in [3.8, 4) is 28.1 Å². The highest BCUT2D eigenvalue weighted by molar-refractivity contribution is 7.21. The Morgan fingerprint density at radius 2 is 1.82 bits per heavy atom. The highest BCUT2D eigenvalue weighted by Crippen LogP contribution is 2.37. The molecule has 0 saturated heterocycles. The van der Waals surface area contributed by atoms with Gasteiger partial charge in [0.1, 0.15) is 18.2 Å². The molecular formula is C26H22FN5O5S.